The van der Waals surface area contributed by atoms with E-state index < -0.39 is 23.7 Å². The van der Waals surface area contributed by atoms with Crippen LogP contribution in [0.3, 0.4) is 0 Å². The van der Waals surface area contributed by atoms with Gasteiger partial charge in [-0.15, -0.1) is 0 Å². The lowest BCUT2D eigenvalue weighted by atomic mass is 9.79. The first-order chi connectivity index (χ1) is 6.54. The fraction of sp³-hybridized carbons (Fsp3) is 0.778. The normalized spacial score (nSPS) is 42.2. The van der Waals surface area contributed by atoms with Crippen LogP contribution in [0.2, 0.25) is 0 Å². The maximum Gasteiger partial charge on any atom is 0.338 e. The average Bonchev–Trinajstić information content (AvgIpc) is 2.37. The Morgan fingerprint density at radius 2 is 2.29 bits per heavy atom. The second-order valence-corrected chi connectivity index (χ2v) is 3.90. The SMILES string of the molecule is CC[C@H](O)[C@@]12NC(=O)[C@H](C)[C@@H]1OC2=O. The van der Waals surface area contributed by atoms with Crippen LogP contribution in [0.25, 0.3) is 0 Å². The van der Waals surface area contributed by atoms with Crippen molar-refractivity contribution in [2.45, 2.75) is 38.0 Å². The third kappa shape index (κ3) is 0.829. The number of amides is 1. The molecule has 0 unspecified atom stereocenters. The molecule has 0 aromatic rings. The number of aliphatic hydroxyl groups excluding tert-OH is 1. The molecule has 2 heterocycles. The summed E-state index contributed by atoms with van der Waals surface area (Å²) >= 11 is 0. The number of rotatable bonds is 2. The van der Waals surface area contributed by atoms with Crippen LogP contribution in [0.5, 0.6) is 0 Å². The van der Waals surface area contributed by atoms with E-state index >= 15 is 0 Å². The minimum Gasteiger partial charge on any atom is -0.456 e. The van der Waals surface area contributed by atoms with E-state index in [2.05, 4.69) is 5.32 Å². The van der Waals surface area contributed by atoms with Gasteiger partial charge in [0.25, 0.3) is 0 Å². The van der Waals surface area contributed by atoms with Crippen LogP contribution in [0, 0.1) is 5.92 Å². The van der Waals surface area contributed by atoms with E-state index in [-0.39, 0.29) is 11.8 Å². The molecular formula is C9H13NO4. The van der Waals surface area contributed by atoms with Gasteiger partial charge in [-0.3, -0.25) is 4.79 Å². The Hall–Kier alpha value is -1.10. The van der Waals surface area contributed by atoms with Gasteiger partial charge in [0.15, 0.2) is 0 Å². The molecule has 2 saturated heterocycles. The monoisotopic (exact) mass is 199 g/mol. The summed E-state index contributed by atoms with van der Waals surface area (Å²) in [7, 11) is 0. The van der Waals surface area contributed by atoms with Crippen LogP contribution in [0.4, 0.5) is 0 Å². The molecule has 4 atom stereocenters. The van der Waals surface area contributed by atoms with Gasteiger partial charge in [0, 0.05) is 0 Å². The second kappa shape index (κ2) is 2.70. The lowest BCUT2D eigenvalue weighted by molar-refractivity contribution is -0.204. The highest BCUT2D eigenvalue weighted by Crippen LogP contribution is 2.41. The van der Waals surface area contributed by atoms with Gasteiger partial charge < -0.3 is 15.2 Å². The Labute approximate surface area is 81.4 Å². The predicted molar refractivity (Wildman–Crippen MR) is 46.2 cm³/mol. The van der Waals surface area contributed by atoms with Crippen LogP contribution in [-0.2, 0) is 14.3 Å². The third-order valence-electron chi connectivity index (χ3n) is 3.13. The van der Waals surface area contributed by atoms with E-state index in [1.165, 1.54) is 0 Å². The molecule has 78 valence electrons. The number of nitrogens with one attached hydrogen (secondary N) is 1. The number of aliphatic hydroxyl groups is 1. The number of hydrogen-bond donors (Lipinski definition) is 2. The molecule has 2 N–H and O–H groups in total. The number of carbonyl (C=O) groups is 2. The lowest BCUT2D eigenvalue weighted by Gasteiger charge is -2.44. The van der Waals surface area contributed by atoms with Gasteiger partial charge in [0.1, 0.15) is 6.10 Å². The molecule has 5 nitrogen and oxygen atoms in total. The van der Waals surface area contributed by atoms with Crippen molar-refractivity contribution in [3.05, 3.63) is 0 Å². The summed E-state index contributed by atoms with van der Waals surface area (Å²) in [6.07, 6.45) is -0.946. The van der Waals surface area contributed by atoms with Crippen molar-refractivity contribution in [2.24, 2.45) is 5.92 Å². The van der Waals surface area contributed by atoms with Crippen molar-refractivity contribution in [3.63, 3.8) is 0 Å². The molecule has 2 aliphatic rings. The molecule has 1 amide bonds. The molecule has 2 fully saturated rings. The largest absolute Gasteiger partial charge is 0.456 e. The summed E-state index contributed by atoms with van der Waals surface area (Å²) in [4.78, 5) is 22.7. The zero-order chi connectivity index (χ0) is 10.5. The second-order valence-electron chi connectivity index (χ2n) is 3.90. The summed E-state index contributed by atoms with van der Waals surface area (Å²) in [5.74, 6) is -1.11. The van der Waals surface area contributed by atoms with Gasteiger partial charge in [-0.1, -0.05) is 6.92 Å². The fourth-order valence-corrected chi connectivity index (χ4v) is 2.17. The molecule has 14 heavy (non-hydrogen) atoms. The molecule has 2 rings (SSSR count). The quantitative estimate of drug-likeness (QED) is 0.570. The average molecular weight is 199 g/mol. The summed E-state index contributed by atoms with van der Waals surface area (Å²) in [6, 6.07) is 0. The van der Waals surface area contributed by atoms with Gasteiger partial charge in [0.05, 0.1) is 12.0 Å². The molecule has 0 aliphatic carbocycles. The van der Waals surface area contributed by atoms with Crippen molar-refractivity contribution in [1.82, 2.24) is 5.32 Å². The first kappa shape index (κ1) is 9.45. The number of hydrogen-bond acceptors (Lipinski definition) is 4. The molecule has 0 aromatic heterocycles. The zero-order valence-corrected chi connectivity index (χ0v) is 8.11. The molecular weight excluding hydrogens is 186 g/mol. The molecule has 0 aromatic carbocycles. The van der Waals surface area contributed by atoms with Crippen molar-refractivity contribution >= 4 is 11.9 Å². The van der Waals surface area contributed by atoms with Crippen LogP contribution >= 0.6 is 0 Å². The summed E-state index contributed by atoms with van der Waals surface area (Å²) < 4.78 is 4.89. The molecule has 0 radical (unpaired) electrons. The highest BCUT2D eigenvalue weighted by atomic mass is 16.6. The number of carbonyl (C=O) groups excluding carboxylic acids is 2. The fourth-order valence-electron chi connectivity index (χ4n) is 2.17. The lowest BCUT2D eigenvalue weighted by Crippen LogP contribution is -2.72. The van der Waals surface area contributed by atoms with Crippen molar-refractivity contribution < 1.29 is 19.4 Å². The van der Waals surface area contributed by atoms with Crippen molar-refractivity contribution in [3.8, 4) is 0 Å². The Bertz CT molecular complexity index is 303. The molecule has 0 spiro atoms. The van der Waals surface area contributed by atoms with Crippen LogP contribution in [0.1, 0.15) is 20.3 Å². The minimum atomic E-state index is -1.16. The standard InChI is InChI=1S/C9H13NO4/c1-3-5(11)9-6(14-8(9)13)4(2)7(12)10-9/h4-6,11H,3H2,1-2H3,(H,10,12)/t4-,5+,6+,9-/m1/s1. The first-order valence-corrected chi connectivity index (χ1v) is 4.75. The highest BCUT2D eigenvalue weighted by Gasteiger charge is 2.70. The van der Waals surface area contributed by atoms with Gasteiger partial charge in [0.2, 0.25) is 11.4 Å². The highest BCUT2D eigenvalue weighted by molar-refractivity contribution is 5.99. The number of fused-ring (bicyclic) bond motifs is 1. The maximum absolute atomic E-state index is 11.4. The van der Waals surface area contributed by atoms with E-state index in [4.69, 9.17) is 4.74 Å². The Morgan fingerprint density at radius 1 is 1.64 bits per heavy atom. The van der Waals surface area contributed by atoms with Crippen LogP contribution in [0.15, 0.2) is 0 Å². The molecule has 0 bridgehead atoms. The van der Waals surface area contributed by atoms with E-state index in [1.807, 2.05) is 0 Å². The van der Waals surface area contributed by atoms with E-state index in [0.717, 1.165) is 0 Å². The van der Waals surface area contributed by atoms with Crippen molar-refractivity contribution in [2.75, 3.05) is 0 Å². The Balaban J connectivity index is 2.32. The van der Waals surface area contributed by atoms with E-state index in [9.17, 15) is 14.7 Å². The van der Waals surface area contributed by atoms with Gasteiger partial charge in [-0.2, -0.15) is 0 Å². The van der Waals surface area contributed by atoms with Crippen molar-refractivity contribution in [1.29, 1.82) is 0 Å². The Kier molecular flexibility index (Phi) is 1.82. The molecule has 0 saturated carbocycles. The van der Waals surface area contributed by atoms with Gasteiger partial charge in [-0.05, 0) is 13.3 Å². The first-order valence-electron chi connectivity index (χ1n) is 4.75. The van der Waals surface area contributed by atoms with Gasteiger partial charge >= 0.3 is 5.97 Å². The maximum atomic E-state index is 11.4. The number of esters is 1. The van der Waals surface area contributed by atoms with Crippen LogP contribution in [-0.4, -0.2) is 34.7 Å². The summed E-state index contributed by atoms with van der Waals surface area (Å²) in [5, 5.41) is 12.3. The minimum absolute atomic E-state index is 0.228. The summed E-state index contributed by atoms with van der Waals surface area (Å²) in [5.41, 5.74) is -1.16. The van der Waals surface area contributed by atoms with Crippen LogP contribution < -0.4 is 5.32 Å². The Morgan fingerprint density at radius 3 is 2.71 bits per heavy atom. The summed E-state index contributed by atoms with van der Waals surface area (Å²) in [6.45, 7) is 3.45. The molecule has 5 heteroatoms. The zero-order valence-electron chi connectivity index (χ0n) is 8.11. The predicted octanol–water partition coefficient (Wildman–Crippen LogP) is -0.813. The van der Waals surface area contributed by atoms with Gasteiger partial charge in [-0.25, -0.2) is 4.79 Å². The third-order valence-corrected chi connectivity index (χ3v) is 3.13. The number of ether oxygens (including phenoxy) is 1. The van der Waals surface area contributed by atoms with E-state index in [1.54, 1.807) is 13.8 Å². The topological polar surface area (TPSA) is 75.6 Å². The smallest absolute Gasteiger partial charge is 0.338 e. The van der Waals surface area contributed by atoms with E-state index in [0.29, 0.717) is 6.42 Å². The molecule has 2 aliphatic heterocycles.